The monoisotopic (exact) mass is 738 g/mol. The van der Waals surface area contributed by atoms with E-state index < -0.39 is 39.4 Å². The van der Waals surface area contributed by atoms with Crippen molar-refractivity contribution in [1.82, 2.24) is 0 Å². The molecule has 3 aliphatic rings. The molecule has 1 heterocycles. The van der Waals surface area contributed by atoms with Crippen LogP contribution in [0.2, 0.25) is 0 Å². The summed E-state index contributed by atoms with van der Waals surface area (Å²) >= 11 is 0. The summed E-state index contributed by atoms with van der Waals surface area (Å²) in [5.74, 6) is -2.04. The number of benzene rings is 6. The van der Waals surface area contributed by atoms with E-state index in [1.54, 1.807) is 50.6 Å². The van der Waals surface area contributed by atoms with Gasteiger partial charge < -0.3 is 9.47 Å². The Balaban J connectivity index is 1.31. The molecule has 9 heteroatoms. The zero-order valence-electron chi connectivity index (χ0n) is 30.4. The first kappa shape index (κ1) is 34.6. The van der Waals surface area contributed by atoms with Gasteiger partial charge in [0.25, 0.3) is 5.69 Å². The van der Waals surface area contributed by atoms with Crippen LogP contribution >= 0.6 is 0 Å². The molecule has 9 rings (SSSR count). The van der Waals surface area contributed by atoms with Crippen LogP contribution < -0.4 is 14.4 Å². The number of amides is 2. The molecule has 2 amide bonds. The van der Waals surface area contributed by atoms with E-state index in [9.17, 15) is 10.1 Å². The highest BCUT2D eigenvalue weighted by molar-refractivity contribution is 6.39. The van der Waals surface area contributed by atoms with Crippen molar-refractivity contribution in [2.75, 3.05) is 19.1 Å². The number of hydrogen-bond donors (Lipinski definition) is 0. The first-order chi connectivity index (χ1) is 27.3. The summed E-state index contributed by atoms with van der Waals surface area (Å²) in [6.07, 6.45) is 0. The van der Waals surface area contributed by atoms with Gasteiger partial charge in [0.2, 0.25) is 11.8 Å². The van der Waals surface area contributed by atoms with Gasteiger partial charge in [0, 0.05) is 12.1 Å². The highest BCUT2D eigenvalue weighted by Crippen LogP contribution is 2.74. The van der Waals surface area contributed by atoms with Crippen molar-refractivity contribution < 1.29 is 28.8 Å². The third-order valence-corrected chi connectivity index (χ3v) is 11.7. The van der Waals surface area contributed by atoms with E-state index in [4.69, 9.17) is 9.47 Å². The Morgan fingerprint density at radius 2 is 0.893 bits per heavy atom. The molecule has 56 heavy (non-hydrogen) atoms. The van der Waals surface area contributed by atoms with E-state index >= 15 is 14.4 Å². The molecule has 2 fully saturated rings. The third-order valence-electron chi connectivity index (χ3n) is 11.7. The van der Waals surface area contributed by atoms with Crippen molar-refractivity contribution in [2.24, 2.45) is 11.8 Å². The van der Waals surface area contributed by atoms with Gasteiger partial charge in [0.15, 0.2) is 5.78 Å². The van der Waals surface area contributed by atoms with E-state index in [2.05, 4.69) is 0 Å². The van der Waals surface area contributed by atoms with Crippen molar-refractivity contribution in [3.8, 4) is 22.6 Å². The Kier molecular flexibility index (Phi) is 8.05. The number of carbonyl (C=O) groups excluding carboxylic acids is 3. The first-order valence-corrected chi connectivity index (χ1v) is 18.2. The van der Waals surface area contributed by atoms with Gasteiger partial charge in [-0.1, -0.05) is 97.1 Å². The summed E-state index contributed by atoms with van der Waals surface area (Å²) < 4.78 is 11.1. The fourth-order valence-electron chi connectivity index (χ4n) is 9.47. The van der Waals surface area contributed by atoms with E-state index in [0.717, 1.165) is 22.3 Å². The number of nitro groups is 1. The van der Waals surface area contributed by atoms with Crippen molar-refractivity contribution in [3.63, 3.8) is 0 Å². The van der Waals surface area contributed by atoms with Crippen LogP contribution in [0.25, 0.3) is 22.3 Å². The van der Waals surface area contributed by atoms with E-state index in [1.807, 2.05) is 109 Å². The number of nitro benzene ring substituents is 1. The number of hydrogen-bond acceptors (Lipinski definition) is 7. The maximum atomic E-state index is 16.2. The lowest BCUT2D eigenvalue weighted by Gasteiger charge is -2.39. The summed E-state index contributed by atoms with van der Waals surface area (Å²) in [5, 5.41) is 11.2. The maximum Gasteiger partial charge on any atom is 0.269 e. The minimum absolute atomic E-state index is 0.0225. The fraction of sp³-hybridized carbons (Fsp3) is 0.128. The number of nitrogens with zero attached hydrogens (tertiary/aromatic N) is 2. The Bertz CT molecular complexity index is 2440. The van der Waals surface area contributed by atoms with Crippen LogP contribution in [-0.4, -0.2) is 36.7 Å². The predicted molar refractivity (Wildman–Crippen MR) is 212 cm³/mol. The number of allylic oxidation sites excluding steroid dienone is 2. The number of ether oxygens (including phenoxy) is 2. The number of methoxy groups -OCH3 is 2. The van der Waals surface area contributed by atoms with E-state index in [-0.39, 0.29) is 11.5 Å². The molecule has 0 N–H and O–H groups in total. The van der Waals surface area contributed by atoms with Crippen LogP contribution in [0, 0.1) is 22.0 Å². The number of carbonyl (C=O) groups is 3. The molecule has 0 unspecified atom stereocenters. The molecule has 6 aromatic rings. The van der Waals surface area contributed by atoms with Crippen LogP contribution in [0.5, 0.6) is 11.5 Å². The summed E-state index contributed by atoms with van der Waals surface area (Å²) in [7, 11) is 3.18. The Hall–Kier alpha value is -7.13. The lowest BCUT2D eigenvalue weighted by atomic mass is 9.59. The summed E-state index contributed by atoms with van der Waals surface area (Å²) in [6.45, 7) is 0. The number of fused-ring (bicyclic) bond motifs is 5. The molecular weight excluding hydrogens is 705 g/mol. The van der Waals surface area contributed by atoms with Crippen molar-refractivity contribution in [1.29, 1.82) is 0 Å². The Labute approximate surface area is 322 Å². The van der Waals surface area contributed by atoms with Gasteiger partial charge in [-0.2, -0.15) is 0 Å². The van der Waals surface area contributed by atoms with Crippen LogP contribution in [0.3, 0.4) is 0 Å². The van der Waals surface area contributed by atoms with Gasteiger partial charge in [0.05, 0.1) is 47.5 Å². The number of rotatable bonds is 9. The second-order valence-electron chi connectivity index (χ2n) is 14.2. The molecule has 1 saturated carbocycles. The van der Waals surface area contributed by atoms with Crippen molar-refractivity contribution in [2.45, 2.75) is 10.8 Å². The quantitative estimate of drug-likeness (QED) is 0.0830. The zero-order valence-corrected chi connectivity index (χ0v) is 30.4. The Morgan fingerprint density at radius 1 is 0.518 bits per heavy atom. The molecule has 9 nitrogen and oxygen atoms in total. The van der Waals surface area contributed by atoms with Crippen molar-refractivity contribution in [3.05, 3.63) is 190 Å². The van der Waals surface area contributed by atoms with E-state index in [0.29, 0.717) is 39.5 Å². The molecule has 274 valence electrons. The topological polar surface area (TPSA) is 116 Å². The summed E-state index contributed by atoms with van der Waals surface area (Å²) in [4.78, 5) is 59.0. The molecule has 2 bridgehead atoms. The number of non-ortho nitro benzene ring substituents is 1. The van der Waals surface area contributed by atoms with Gasteiger partial charge in [-0.05, 0) is 93.1 Å². The highest BCUT2D eigenvalue weighted by atomic mass is 16.6. The summed E-state index contributed by atoms with van der Waals surface area (Å²) in [5.41, 5.74) is 2.78. The average molecular weight is 739 g/mol. The highest BCUT2D eigenvalue weighted by Gasteiger charge is 2.82. The van der Waals surface area contributed by atoms with Gasteiger partial charge in [-0.3, -0.25) is 24.5 Å². The number of ketones is 1. The van der Waals surface area contributed by atoms with Crippen LogP contribution in [-0.2, 0) is 25.2 Å². The molecule has 1 saturated heterocycles. The largest absolute Gasteiger partial charge is 0.497 e. The van der Waals surface area contributed by atoms with Gasteiger partial charge >= 0.3 is 0 Å². The summed E-state index contributed by atoms with van der Waals surface area (Å²) in [6, 6.07) is 47.0. The minimum Gasteiger partial charge on any atom is -0.497 e. The van der Waals surface area contributed by atoms with Crippen LogP contribution in [0.15, 0.2) is 158 Å². The number of Topliss-reactive ketones (excluding diaryl/α,β-unsaturated/α-hetero) is 1. The molecule has 0 spiro atoms. The predicted octanol–water partition coefficient (Wildman–Crippen LogP) is 8.47. The normalized spacial score (nSPS) is 22.4. The lowest BCUT2D eigenvalue weighted by molar-refractivity contribution is -0.384. The van der Waals surface area contributed by atoms with E-state index in [1.165, 1.54) is 17.0 Å². The molecule has 2 aliphatic carbocycles. The number of anilines is 1. The molecule has 1 aliphatic heterocycles. The zero-order chi connectivity index (χ0) is 38.8. The lowest BCUT2D eigenvalue weighted by Crippen LogP contribution is -2.45. The second kappa shape index (κ2) is 13.0. The Morgan fingerprint density at radius 3 is 1.27 bits per heavy atom. The standard InChI is InChI=1S/C47H34N2O7/c1-55-37-25-17-31(18-26-37)39-40(32-19-27-38(56-2)28-20-32)47(34-11-7-4-8-12-34)42-41(46(39,45(47)52)33-9-5-3-6-10-33)43(50)48(44(42)51)35-21-13-29(14-22-35)30-15-23-36(24-16-30)49(53)54/h3-28,41-42H,1-2H3/t41-,42-,46-,47-/m1/s1. The molecule has 4 atom stereocenters. The first-order valence-electron chi connectivity index (χ1n) is 18.2. The molecule has 0 radical (unpaired) electrons. The van der Waals surface area contributed by atoms with Crippen molar-refractivity contribution >= 4 is 40.1 Å². The van der Waals surface area contributed by atoms with Crippen LogP contribution in [0.4, 0.5) is 11.4 Å². The van der Waals surface area contributed by atoms with Gasteiger partial charge in [-0.25, -0.2) is 4.90 Å². The number of imide groups is 1. The molecule has 0 aromatic heterocycles. The third kappa shape index (κ3) is 4.70. The second-order valence-corrected chi connectivity index (χ2v) is 14.2. The fourth-order valence-corrected chi connectivity index (χ4v) is 9.47. The smallest absolute Gasteiger partial charge is 0.269 e. The average Bonchev–Trinajstić information content (AvgIpc) is 3.76. The molecule has 6 aromatic carbocycles. The minimum atomic E-state index is -1.56. The molecular formula is C47H34N2O7. The SMILES string of the molecule is COc1ccc(C2=C(c3ccc(OC)cc3)[C@@]3(c4ccccc4)C(=O)[C@@]2(c2ccccc2)[C@H]2C(=O)N(c4ccc(-c5ccc([N+](=O)[O-])cc5)cc4)C(=O)[C@@H]23)cc1. The van der Waals surface area contributed by atoms with Crippen LogP contribution in [0.1, 0.15) is 22.3 Å². The maximum absolute atomic E-state index is 16.2. The van der Waals surface area contributed by atoms with Gasteiger partial charge in [-0.15, -0.1) is 0 Å². The van der Waals surface area contributed by atoms with Gasteiger partial charge in [0.1, 0.15) is 11.5 Å².